The summed E-state index contributed by atoms with van der Waals surface area (Å²) in [6.45, 7) is 4.32. The number of hydrogen-bond donors (Lipinski definition) is 0. The molecule has 0 saturated carbocycles. The molecule has 4 nitrogen and oxygen atoms in total. The van der Waals surface area contributed by atoms with Crippen LogP contribution in [-0.4, -0.2) is 42.4 Å². The van der Waals surface area contributed by atoms with Gasteiger partial charge in [0.25, 0.3) is 0 Å². The third kappa shape index (κ3) is 5.60. The molecule has 0 N–H and O–H groups in total. The highest BCUT2D eigenvalue weighted by atomic mass is 35.5. The first-order valence-corrected chi connectivity index (χ1v) is 7.02. The van der Waals surface area contributed by atoms with Gasteiger partial charge in [-0.25, -0.2) is 0 Å². The molecule has 0 spiro atoms. The van der Waals surface area contributed by atoms with E-state index < -0.39 is 0 Å². The molecule has 1 aromatic carbocycles. The molecule has 0 bridgehead atoms. The van der Waals surface area contributed by atoms with Crippen LogP contribution < -0.4 is 0 Å². The molecule has 20 heavy (non-hydrogen) atoms. The number of carbonyl (C=O) groups is 1. The summed E-state index contributed by atoms with van der Waals surface area (Å²) in [6, 6.07) is 9.70. The minimum absolute atomic E-state index is 0.0316. The van der Waals surface area contributed by atoms with Crippen molar-refractivity contribution in [3.05, 3.63) is 34.9 Å². The van der Waals surface area contributed by atoms with Crippen LogP contribution in [0, 0.1) is 11.3 Å². The molecule has 0 fully saturated rings. The van der Waals surface area contributed by atoms with E-state index in [9.17, 15) is 4.79 Å². The van der Waals surface area contributed by atoms with Gasteiger partial charge in [-0.2, -0.15) is 5.26 Å². The molecule has 0 aliphatic heterocycles. The normalized spacial score (nSPS) is 10.3. The molecule has 0 saturated heterocycles. The molecule has 0 aliphatic rings. The van der Waals surface area contributed by atoms with E-state index in [0.29, 0.717) is 31.1 Å². The van der Waals surface area contributed by atoms with E-state index in [1.54, 1.807) is 11.9 Å². The smallest absolute Gasteiger partial charge is 0.236 e. The van der Waals surface area contributed by atoms with Gasteiger partial charge < -0.3 is 4.90 Å². The summed E-state index contributed by atoms with van der Waals surface area (Å²) < 4.78 is 0. The number of benzene rings is 1. The Morgan fingerprint density at radius 1 is 1.45 bits per heavy atom. The summed E-state index contributed by atoms with van der Waals surface area (Å²) >= 11 is 5.96. The van der Waals surface area contributed by atoms with Crippen molar-refractivity contribution in [1.82, 2.24) is 9.80 Å². The number of amides is 1. The summed E-state index contributed by atoms with van der Waals surface area (Å²) in [5.41, 5.74) is 1.09. The fourth-order valence-electron chi connectivity index (χ4n) is 1.83. The van der Waals surface area contributed by atoms with Crippen LogP contribution in [0.1, 0.15) is 18.9 Å². The predicted molar refractivity (Wildman–Crippen MR) is 80.3 cm³/mol. The average Bonchev–Trinajstić information content (AvgIpc) is 2.43. The Kier molecular flexibility index (Phi) is 7.06. The highest BCUT2D eigenvalue weighted by Gasteiger charge is 2.13. The Bertz CT molecular complexity index is 484. The van der Waals surface area contributed by atoms with Crippen LogP contribution in [0.5, 0.6) is 0 Å². The van der Waals surface area contributed by atoms with Crippen LogP contribution in [0.15, 0.2) is 24.3 Å². The van der Waals surface area contributed by atoms with Gasteiger partial charge in [-0.05, 0) is 24.2 Å². The van der Waals surface area contributed by atoms with E-state index in [-0.39, 0.29) is 5.91 Å². The highest BCUT2D eigenvalue weighted by Crippen LogP contribution is 2.12. The van der Waals surface area contributed by atoms with E-state index in [1.807, 2.05) is 37.3 Å². The lowest BCUT2D eigenvalue weighted by atomic mass is 10.2. The number of rotatable bonds is 7. The Labute approximate surface area is 125 Å². The van der Waals surface area contributed by atoms with Gasteiger partial charge in [0.2, 0.25) is 5.91 Å². The highest BCUT2D eigenvalue weighted by molar-refractivity contribution is 6.30. The number of hydrogen-bond acceptors (Lipinski definition) is 3. The molecule has 108 valence electrons. The predicted octanol–water partition coefficient (Wildman–Crippen LogP) is 2.53. The van der Waals surface area contributed by atoms with Gasteiger partial charge in [-0.15, -0.1) is 0 Å². The standard InChI is InChI=1S/C15H20ClN3O/c1-3-19(11-13-6-4-7-14(16)10-13)12-15(20)18(2)9-5-8-17/h4,6-7,10H,3,5,9,11-12H2,1-2H3. The van der Waals surface area contributed by atoms with Crippen molar-refractivity contribution in [2.24, 2.45) is 0 Å². The maximum Gasteiger partial charge on any atom is 0.236 e. The minimum Gasteiger partial charge on any atom is -0.344 e. The van der Waals surface area contributed by atoms with E-state index in [4.69, 9.17) is 16.9 Å². The molecule has 0 atom stereocenters. The first kappa shape index (κ1) is 16.5. The van der Waals surface area contributed by atoms with Crippen molar-refractivity contribution < 1.29 is 4.79 Å². The molecule has 1 rings (SSSR count). The van der Waals surface area contributed by atoms with Gasteiger partial charge in [0, 0.05) is 25.2 Å². The average molecular weight is 294 g/mol. The summed E-state index contributed by atoms with van der Waals surface area (Å²) in [7, 11) is 1.73. The molecule has 5 heteroatoms. The van der Waals surface area contributed by atoms with Crippen LogP contribution in [0.2, 0.25) is 5.02 Å². The number of carbonyl (C=O) groups excluding carboxylic acids is 1. The number of likely N-dealkylation sites (N-methyl/N-ethyl adjacent to an activating group) is 2. The molecule has 0 heterocycles. The molecule has 0 aliphatic carbocycles. The second-order valence-electron chi connectivity index (χ2n) is 4.66. The third-order valence-electron chi connectivity index (χ3n) is 3.09. The molecular formula is C15H20ClN3O. The topological polar surface area (TPSA) is 47.3 Å². The maximum absolute atomic E-state index is 12.0. The van der Waals surface area contributed by atoms with Gasteiger partial charge in [-0.1, -0.05) is 30.7 Å². The van der Waals surface area contributed by atoms with Crippen LogP contribution in [0.25, 0.3) is 0 Å². The summed E-state index contributed by atoms with van der Waals surface area (Å²) in [5.74, 6) is 0.0316. The zero-order valence-electron chi connectivity index (χ0n) is 12.0. The quantitative estimate of drug-likeness (QED) is 0.776. The fraction of sp³-hybridized carbons (Fsp3) is 0.467. The number of halogens is 1. The van der Waals surface area contributed by atoms with Crippen LogP contribution in [-0.2, 0) is 11.3 Å². The second-order valence-corrected chi connectivity index (χ2v) is 5.09. The zero-order valence-corrected chi connectivity index (χ0v) is 12.7. The fourth-order valence-corrected chi connectivity index (χ4v) is 2.04. The van der Waals surface area contributed by atoms with E-state index >= 15 is 0 Å². The third-order valence-corrected chi connectivity index (χ3v) is 3.32. The van der Waals surface area contributed by atoms with Gasteiger partial charge in [0.1, 0.15) is 0 Å². The number of nitriles is 1. The summed E-state index contributed by atoms with van der Waals surface area (Å²) in [6.07, 6.45) is 0.364. The first-order chi connectivity index (χ1) is 9.56. The van der Waals surface area contributed by atoms with E-state index in [0.717, 1.165) is 12.1 Å². The molecule has 0 aromatic heterocycles. The Balaban J connectivity index is 2.55. The van der Waals surface area contributed by atoms with E-state index in [2.05, 4.69) is 4.90 Å². The molecular weight excluding hydrogens is 274 g/mol. The van der Waals surface area contributed by atoms with Crippen LogP contribution in [0.4, 0.5) is 0 Å². The van der Waals surface area contributed by atoms with Gasteiger partial charge in [0.05, 0.1) is 19.0 Å². The van der Waals surface area contributed by atoms with Crippen molar-refractivity contribution in [2.75, 3.05) is 26.7 Å². The second kappa shape index (κ2) is 8.57. The molecule has 0 radical (unpaired) electrons. The monoisotopic (exact) mass is 293 g/mol. The molecule has 0 unspecified atom stereocenters. The lowest BCUT2D eigenvalue weighted by molar-refractivity contribution is -0.131. The Morgan fingerprint density at radius 2 is 2.20 bits per heavy atom. The van der Waals surface area contributed by atoms with Gasteiger partial charge in [-0.3, -0.25) is 9.69 Å². The molecule has 1 aromatic rings. The van der Waals surface area contributed by atoms with E-state index in [1.165, 1.54) is 0 Å². The Morgan fingerprint density at radius 3 is 2.80 bits per heavy atom. The zero-order chi connectivity index (χ0) is 15.0. The summed E-state index contributed by atoms with van der Waals surface area (Å²) in [4.78, 5) is 15.7. The lowest BCUT2D eigenvalue weighted by Crippen LogP contribution is -2.38. The van der Waals surface area contributed by atoms with Crippen molar-refractivity contribution in [1.29, 1.82) is 5.26 Å². The van der Waals surface area contributed by atoms with Crippen molar-refractivity contribution in [3.63, 3.8) is 0 Å². The summed E-state index contributed by atoms with van der Waals surface area (Å²) in [5, 5.41) is 9.24. The SMILES string of the molecule is CCN(CC(=O)N(C)CCC#N)Cc1cccc(Cl)c1. The lowest BCUT2D eigenvalue weighted by Gasteiger charge is -2.23. The minimum atomic E-state index is 0.0316. The van der Waals surface area contributed by atoms with Crippen LogP contribution >= 0.6 is 11.6 Å². The Hall–Kier alpha value is -1.57. The van der Waals surface area contributed by atoms with Gasteiger partial charge in [0.15, 0.2) is 0 Å². The van der Waals surface area contributed by atoms with Gasteiger partial charge >= 0.3 is 0 Å². The molecule has 1 amide bonds. The first-order valence-electron chi connectivity index (χ1n) is 6.64. The van der Waals surface area contributed by atoms with Crippen LogP contribution in [0.3, 0.4) is 0 Å². The van der Waals surface area contributed by atoms with Crippen molar-refractivity contribution in [3.8, 4) is 6.07 Å². The largest absolute Gasteiger partial charge is 0.344 e. The van der Waals surface area contributed by atoms with Crippen molar-refractivity contribution in [2.45, 2.75) is 19.9 Å². The maximum atomic E-state index is 12.0. The van der Waals surface area contributed by atoms with Crippen molar-refractivity contribution >= 4 is 17.5 Å². The number of nitrogens with zero attached hydrogens (tertiary/aromatic N) is 3.